The van der Waals surface area contributed by atoms with Gasteiger partial charge in [-0.2, -0.15) is 0 Å². The summed E-state index contributed by atoms with van der Waals surface area (Å²) in [5.41, 5.74) is 2.30. The van der Waals surface area contributed by atoms with Crippen molar-refractivity contribution in [1.29, 1.82) is 0 Å². The van der Waals surface area contributed by atoms with Gasteiger partial charge >= 0.3 is 0 Å². The fourth-order valence-electron chi connectivity index (χ4n) is 2.05. The van der Waals surface area contributed by atoms with E-state index in [1.807, 2.05) is 0 Å². The quantitative estimate of drug-likeness (QED) is 0.725. The van der Waals surface area contributed by atoms with Gasteiger partial charge in [-0.1, -0.05) is 34.1 Å². The van der Waals surface area contributed by atoms with Crippen LogP contribution in [0.4, 0.5) is 5.82 Å². The van der Waals surface area contributed by atoms with Crippen molar-refractivity contribution in [2.45, 2.75) is 64.8 Å². The summed E-state index contributed by atoms with van der Waals surface area (Å²) in [7, 11) is 2.12. The molecule has 0 spiro atoms. The molecule has 0 saturated heterocycles. The van der Waals surface area contributed by atoms with Gasteiger partial charge in [0.25, 0.3) is 0 Å². The highest BCUT2D eigenvalue weighted by Crippen LogP contribution is 2.26. The number of anilines is 1. The van der Waals surface area contributed by atoms with Crippen molar-refractivity contribution in [1.82, 2.24) is 4.98 Å². The van der Waals surface area contributed by atoms with E-state index in [1.54, 1.807) is 0 Å². The summed E-state index contributed by atoms with van der Waals surface area (Å²) >= 11 is 6.02. The Labute approximate surface area is 123 Å². The van der Waals surface area contributed by atoms with Crippen LogP contribution in [0.3, 0.4) is 0 Å². The van der Waals surface area contributed by atoms with Crippen molar-refractivity contribution in [2.75, 3.05) is 11.9 Å². The Morgan fingerprint density at radius 3 is 2.42 bits per heavy atom. The van der Waals surface area contributed by atoms with Gasteiger partial charge in [-0.05, 0) is 31.0 Å². The SMILES string of the molecule is CCCC(C)N(C)c1cc(CCl)cc(C(C)(C)C)n1. The van der Waals surface area contributed by atoms with Crippen molar-refractivity contribution in [3.8, 4) is 0 Å². The van der Waals surface area contributed by atoms with E-state index >= 15 is 0 Å². The molecule has 3 heteroatoms. The van der Waals surface area contributed by atoms with Gasteiger partial charge in [0.15, 0.2) is 0 Å². The molecule has 1 atom stereocenters. The van der Waals surface area contributed by atoms with E-state index in [4.69, 9.17) is 16.6 Å². The second-order valence-electron chi connectivity index (χ2n) is 6.35. The number of alkyl halides is 1. The number of rotatable bonds is 5. The van der Waals surface area contributed by atoms with Crippen LogP contribution in [0.1, 0.15) is 58.7 Å². The largest absolute Gasteiger partial charge is 0.357 e. The van der Waals surface area contributed by atoms with E-state index < -0.39 is 0 Å². The first-order valence-electron chi connectivity index (χ1n) is 7.09. The first-order chi connectivity index (χ1) is 8.79. The molecular weight excluding hydrogens is 256 g/mol. The standard InChI is InChI=1S/C16H27ClN2/c1-7-8-12(2)19(6)15-10-13(11-17)9-14(18-15)16(3,4)5/h9-10,12H,7-8,11H2,1-6H3. The summed E-state index contributed by atoms with van der Waals surface area (Å²) in [5, 5.41) is 0. The average molecular weight is 283 g/mol. The van der Waals surface area contributed by atoms with Crippen LogP contribution in [-0.4, -0.2) is 18.1 Å². The summed E-state index contributed by atoms with van der Waals surface area (Å²) in [6.45, 7) is 11.0. The van der Waals surface area contributed by atoms with Gasteiger partial charge in [0, 0.05) is 30.1 Å². The molecular formula is C16H27ClN2. The van der Waals surface area contributed by atoms with Crippen molar-refractivity contribution in [2.24, 2.45) is 0 Å². The fraction of sp³-hybridized carbons (Fsp3) is 0.688. The predicted molar refractivity (Wildman–Crippen MR) is 85.3 cm³/mol. The smallest absolute Gasteiger partial charge is 0.129 e. The maximum Gasteiger partial charge on any atom is 0.129 e. The fourth-order valence-corrected chi connectivity index (χ4v) is 2.20. The van der Waals surface area contributed by atoms with Crippen LogP contribution >= 0.6 is 11.6 Å². The zero-order chi connectivity index (χ0) is 14.6. The first-order valence-corrected chi connectivity index (χ1v) is 7.63. The van der Waals surface area contributed by atoms with Crippen LogP contribution in [0.5, 0.6) is 0 Å². The molecule has 0 saturated carbocycles. The Hall–Kier alpha value is -0.760. The Balaban J connectivity index is 3.13. The molecule has 1 aromatic rings. The number of halogens is 1. The van der Waals surface area contributed by atoms with Crippen molar-refractivity contribution < 1.29 is 0 Å². The van der Waals surface area contributed by atoms with Crippen LogP contribution in [0.15, 0.2) is 12.1 Å². The lowest BCUT2D eigenvalue weighted by Gasteiger charge is -2.28. The second kappa shape index (κ2) is 6.60. The summed E-state index contributed by atoms with van der Waals surface area (Å²) in [6.07, 6.45) is 2.36. The zero-order valence-electron chi connectivity index (χ0n) is 13.1. The highest BCUT2D eigenvalue weighted by Gasteiger charge is 2.19. The van der Waals surface area contributed by atoms with Crippen molar-refractivity contribution in [3.63, 3.8) is 0 Å². The van der Waals surface area contributed by atoms with E-state index in [0.717, 1.165) is 17.1 Å². The lowest BCUT2D eigenvalue weighted by Crippen LogP contribution is -2.30. The topological polar surface area (TPSA) is 16.1 Å². The minimum absolute atomic E-state index is 0.0473. The number of hydrogen-bond acceptors (Lipinski definition) is 2. The third-order valence-corrected chi connectivity index (χ3v) is 3.83. The Kier molecular flexibility index (Phi) is 5.66. The molecule has 1 rings (SSSR count). The molecule has 0 amide bonds. The van der Waals surface area contributed by atoms with Gasteiger partial charge in [0.1, 0.15) is 5.82 Å². The van der Waals surface area contributed by atoms with Crippen LogP contribution in [-0.2, 0) is 11.3 Å². The first kappa shape index (κ1) is 16.3. The monoisotopic (exact) mass is 282 g/mol. The summed E-state index contributed by atoms with van der Waals surface area (Å²) in [4.78, 5) is 7.08. The maximum absolute atomic E-state index is 6.02. The molecule has 1 unspecified atom stereocenters. The highest BCUT2D eigenvalue weighted by molar-refractivity contribution is 6.17. The molecule has 0 fully saturated rings. The Bertz CT molecular complexity index is 410. The lowest BCUT2D eigenvalue weighted by molar-refractivity contribution is 0.561. The number of aromatic nitrogens is 1. The summed E-state index contributed by atoms with van der Waals surface area (Å²) in [5.74, 6) is 1.57. The van der Waals surface area contributed by atoms with Gasteiger partial charge in [0.05, 0.1) is 0 Å². The van der Waals surface area contributed by atoms with Crippen LogP contribution in [0.2, 0.25) is 0 Å². The molecule has 0 N–H and O–H groups in total. The van der Waals surface area contributed by atoms with Crippen molar-refractivity contribution >= 4 is 17.4 Å². The van der Waals surface area contributed by atoms with Gasteiger partial charge in [-0.25, -0.2) is 4.98 Å². The second-order valence-corrected chi connectivity index (χ2v) is 6.62. The molecule has 108 valence electrons. The van der Waals surface area contributed by atoms with Gasteiger partial charge in [0.2, 0.25) is 0 Å². The minimum atomic E-state index is 0.0473. The molecule has 0 bridgehead atoms. The highest BCUT2D eigenvalue weighted by atomic mass is 35.5. The molecule has 19 heavy (non-hydrogen) atoms. The molecule has 0 aliphatic rings. The van der Waals surface area contributed by atoms with Crippen LogP contribution in [0.25, 0.3) is 0 Å². The van der Waals surface area contributed by atoms with E-state index in [9.17, 15) is 0 Å². The van der Waals surface area contributed by atoms with Crippen LogP contribution < -0.4 is 4.90 Å². The molecule has 2 nitrogen and oxygen atoms in total. The number of hydrogen-bond donors (Lipinski definition) is 0. The normalized spacial score (nSPS) is 13.4. The third kappa shape index (κ3) is 4.38. The van der Waals surface area contributed by atoms with Gasteiger partial charge in [-0.3, -0.25) is 0 Å². The Morgan fingerprint density at radius 2 is 1.95 bits per heavy atom. The molecule has 0 aliphatic heterocycles. The number of pyridine rings is 1. The van der Waals surface area contributed by atoms with E-state index in [-0.39, 0.29) is 5.41 Å². The molecule has 0 aromatic carbocycles. The Morgan fingerprint density at radius 1 is 1.32 bits per heavy atom. The number of nitrogens with zero attached hydrogens (tertiary/aromatic N) is 2. The van der Waals surface area contributed by atoms with Gasteiger partial charge in [-0.15, -0.1) is 11.6 Å². The predicted octanol–water partition coefficient (Wildman–Crippen LogP) is 4.74. The zero-order valence-corrected chi connectivity index (χ0v) is 13.9. The lowest BCUT2D eigenvalue weighted by atomic mass is 9.91. The van der Waals surface area contributed by atoms with Crippen molar-refractivity contribution in [3.05, 3.63) is 23.4 Å². The van der Waals surface area contributed by atoms with E-state index in [2.05, 4.69) is 58.7 Å². The molecule has 0 radical (unpaired) electrons. The average Bonchev–Trinajstić information content (AvgIpc) is 2.36. The van der Waals surface area contributed by atoms with E-state index in [0.29, 0.717) is 11.9 Å². The summed E-state index contributed by atoms with van der Waals surface area (Å²) < 4.78 is 0. The molecule has 1 heterocycles. The molecule has 1 aromatic heterocycles. The minimum Gasteiger partial charge on any atom is -0.357 e. The van der Waals surface area contributed by atoms with Gasteiger partial charge < -0.3 is 4.90 Å². The van der Waals surface area contributed by atoms with E-state index in [1.165, 1.54) is 12.8 Å². The maximum atomic E-state index is 6.02. The molecule has 0 aliphatic carbocycles. The van der Waals surface area contributed by atoms with Crippen LogP contribution in [0, 0.1) is 0 Å². The third-order valence-electron chi connectivity index (χ3n) is 3.52. The summed E-state index contributed by atoms with van der Waals surface area (Å²) in [6, 6.07) is 4.72.